The summed E-state index contributed by atoms with van der Waals surface area (Å²) in [4.78, 5) is 2.22. The van der Waals surface area contributed by atoms with Crippen molar-refractivity contribution in [2.24, 2.45) is 5.73 Å². The lowest BCUT2D eigenvalue weighted by atomic mass is 10.2. The zero-order valence-electron chi connectivity index (χ0n) is 10.3. The molecule has 16 heavy (non-hydrogen) atoms. The first-order chi connectivity index (χ1) is 7.72. The van der Waals surface area contributed by atoms with Gasteiger partial charge in [0.1, 0.15) is 5.75 Å². The molecule has 2 N–H and O–H groups in total. The van der Waals surface area contributed by atoms with E-state index < -0.39 is 0 Å². The van der Waals surface area contributed by atoms with Gasteiger partial charge in [0.25, 0.3) is 0 Å². The minimum atomic E-state index is 0.717. The monoisotopic (exact) mass is 222 g/mol. The van der Waals surface area contributed by atoms with Crippen LogP contribution in [0.3, 0.4) is 0 Å². The van der Waals surface area contributed by atoms with Gasteiger partial charge in [-0.1, -0.05) is 12.1 Å². The van der Waals surface area contributed by atoms with Gasteiger partial charge >= 0.3 is 0 Å². The molecule has 0 radical (unpaired) electrons. The number of benzene rings is 1. The van der Waals surface area contributed by atoms with E-state index in [2.05, 4.69) is 31.0 Å². The molecule has 0 spiro atoms. The number of aryl methyl sites for hydroxylation is 1. The summed E-state index contributed by atoms with van der Waals surface area (Å²) in [5.41, 5.74) is 6.70. The van der Waals surface area contributed by atoms with Gasteiger partial charge in [-0.15, -0.1) is 0 Å². The Labute approximate surface area is 98.2 Å². The Morgan fingerprint density at radius 1 is 1.31 bits per heavy atom. The van der Waals surface area contributed by atoms with Gasteiger partial charge in [0, 0.05) is 19.6 Å². The fraction of sp³-hybridized carbons (Fsp3) is 0.538. The molecule has 0 fully saturated rings. The minimum absolute atomic E-state index is 0.717. The van der Waals surface area contributed by atoms with Crippen molar-refractivity contribution in [2.75, 3.05) is 33.3 Å². The normalized spacial score (nSPS) is 10.8. The first kappa shape index (κ1) is 13.0. The molecule has 1 rings (SSSR count). The molecular formula is C13H22N2O. The number of nitrogens with two attached hydrogens (primary N) is 1. The first-order valence-electron chi connectivity index (χ1n) is 5.80. The number of hydrogen-bond donors (Lipinski definition) is 1. The Bertz CT molecular complexity index is 302. The van der Waals surface area contributed by atoms with Gasteiger partial charge in [0.2, 0.25) is 0 Å². The highest BCUT2D eigenvalue weighted by atomic mass is 16.5. The summed E-state index contributed by atoms with van der Waals surface area (Å²) in [6, 6.07) is 8.15. The Hall–Kier alpha value is -1.06. The molecule has 1 aromatic carbocycles. The number of rotatable bonds is 7. The van der Waals surface area contributed by atoms with E-state index in [0.717, 1.165) is 38.4 Å². The van der Waals surface area contributed by atoms with Crippen LogP contribution in [-0.2, 0) is 0 Å². The summed E-state index contributed by atoms with van der Waals surface area (Å²) in [5.74, 6) is 0.960. The van der Waals surface area contributed by atoms with Crippen molar-refractivity contribution in [3.63, 3.8) is 0 Å². The Kier molecular flexibility index (Phi) is 5.90. The zero-order valence-corrected chi connectivity index (χ0v) is 10.3. The third kappa shape index (κ3) is 5.14. The summed E-state index contributed by atoms with van der Waals surface area (Å²) >= 11 is 0. The van der Waals surface area contributed by atoms with Crippen molar-refractivity contribution in [1.29, 1.82) is 0 Å². The molecule has 0 aromatic heterocycles. The number of nitrogens with zero attached hydrogens (tertiary/aromatic N) is 1. The van der Waals surface area contributed by atoms with Crippen molar-refractivity contribution in [3.05, 3.63) is 29.8 Å². The molecule has 0 aliphatic carbocycles. The van der Waals surface area contributed by atoms with Crippen LogP contribution in [0, 0.1) is 6.92 Å². The lowest BCUT2D eigenvalue weighted by Crippen LogP contribution is -2.27. The predicted molar refractivity (Wildman–Crippen MR) is 67.8 cm³/mol. The highest BCUT2D eigenvalue weighted by Crippen LogP contribution is 2.12. The minimum Gasteiger partial charge on any atom is -0.494 e. The van der Waals surface area contributed by atoms with Gasteiger partial charge in [-0.05, 0) is 38.1 Å². The maximum Gasteiger partial charge on any atom is 0.119 e. The van der Waals surface area contributed by atoms with Crippen LogP contribution in [0.5, 0.6) is 5.75 Å². The van der Waals surface area contributed by atoms with Crippen molar-refractivity contribution in [1.82, 2.24) is 4.90 Å². The standard InChI is InChI=1S/C13H22N2O/c1-12-5-3-6-13(11-12)16-10-4-8-15(2)9-7-14/h3,5-6,11H,4,7-10,14H2,1-2H3. The van der Waals surface area contributed by atoms with Crippen LogP contribution in [0.1, 0.15) is 12.0 Å². The Morgan fingerprint density at radius 2 is 2.12 bits per heavy atom. The summed E-state index contributed by atoms with van der Waals surface area (Å²) < 4.78 is 5.66. The Morgan fingerprint density at radius 3 is 2.81 bits per heavy atom. The van der Waals surface area contributed by atoms with Crippen molar-refractivity contribution in [2.45, 2.75) is 13.3 Å². The molecule has 3 nitrogen and oxygen atoms in total. The number of likely N-dealkylation sites (N-methyl/N-ethyl adjacent to an activating group) is 1. The maximum absolute atomic E-state index is 5.66. The third-order valence-electron chi connectivity index (χ3n) is 2.45. The van der Waals surface area contributed by atoms with Gasteiger partial charge in [0.15, 0.2) is 0 Å². The zero-order chi connectivity index (χ0) is 11.8. The molecule has 0 unspecified atom stereocenters. The molecule has 0 atom stereocenters. The predicted octanol–water partition coefficient (Wildman–Crippen LogP) is 1.65. The van der Waals surface area contributed by atoms with Gasteiger partial charge in [0.05, 0.1) is 6.61 Å². The quantitative estimate of drug-likeness (QED) is 0.713. The van der Waals surface area contributed by atoms with E-state index in [0.29, 0.717) is 0 Å². The second-order valence-electron chi connectivity index (χ2n) is 4.11. The molecule has 1 aromatic rings. The molecule has 0 bridgehead atoms. The fourth-order valence-electron chi connectivity index (χ4n) is 1.56. The van der Waals surface area contributed by atoms with E-state index in [-0.39, 0.29) is 0 Å². The Balaban J connectivity index is 2.16. The van der Waals surface area contributed by atoms with Crippen LogP contribution in [-0.4, -0.2) is 38.2 Å². The summed E-state index contributed by atoms with van der Waals surface area (Å²) in [6.45, 7) is 5.53. The molecular weight excluding hydrogens is 200 g/mol. The average Bonchev–Trinajstić information content (AvgIpc) is 2.25. The first-order valence-corrected chi connectivity index (χ1v) is 5.80. The van der Waals surface area contributed by atoms with E-state index in [1.807, 2.05) is 12.1 Å². The maximum atomic E-state index is 5.66. The van der Waals surface area contributed by atoms with Crippen molar-refractivity contribution < 1.29 is 4.74 Å². The van der Waals surface area contributed by atoms with E-state index in [4.69, 9.17) is 10.5 Å². The SMILES string of the molecule is Cc1cccc(OCCCN(C)CCN)c1. The van der Waals surface area contributed by atoms with E-state index >= 15 is 0 Å². The highest BCUT2D eigenvalue weighted by Gasteiger charge is 1.97. The summed E-state index contributed by atoms with van der Waals surface area (Å²) in [5, 5.41) is 0. The highest BCUT2D eigenvalue weighted by molar-refractivity contribution is 5.27. The van der Waals surface area contributed by atoms with Crippen LogP contribution < -0.4 is 10.5 Å². The largest absolute Gasteiger partial charge is 0.494 e. The van der Waals surface area contributed by atoms with Crippen molar-refractivity contribution in [3.8, 4) is 5.75 Å². The summed E-state index contributed by atoms with van der Waals surface area (Å²) in [6.07, 6.45) is 1.03. The molecule has 0 heterocycles. The van der Waals surface area contributed by atoms with Gasteiger partial charge < -0.3 is 15.4 Å². The van der Waals surface area contributed by atoms with Gasteiger partial charge in [-0.25, -0.2) is 0 Å². The molecule has 0 saturated heterocycles. The molecule has 0 amide bonds. The second-order valence-corrected chi connectivity index (χ2v) is 4.11. The average molecular weight is 222 g/mol. The van der Waals surface area contributed by atoms with Crippen LogP contribution in [0.25, 0.3) is 0 Å². The van der Waals surface area contributed by atoms with Crippen LogP contribution in [0.4, 0.5) is 0 Å². The van der Waals surface area contributed by atoms with Crippen molar-refractivity contribution >= 4 is 0 Å². The lowest BCUT2D eigenvalue weighted by molar-refractivity contribution is 0.265. The topological polar surface area (TPSA) is 38.5 Å². The van der Waals surface area contributed by atoms with Crippen LogP contribution in [0.15, 0.2) is 24.3 Å². The molecule has 0 saturated carbocycles. The van der Waals surface area contributed by atoms with Crippen LogP contribution >= 0.6 is 0 Å². The van der Waals surface area contributed by atoms with Crippen LogP contribution in [0.2, 0.25) is 0 Å². The number of hydrogen-bond acceptors (Lipinski definition) is 3. The third-order valence-corrected chi connectivity index (χ3v) is 2.45. The van der Waals surface area contributed by atoms with E-state index in [1.54, 1.807) is 0 Å². The molecule has 90 valence electrons. The fourth-order valence-corrected chi connectivity index (χ4v) is 1.56. The molecule has 0 aliphatic rings. The van der Waals surface area contributed by atoms with E-state index in [1.165, 1.54) is 5.56 Å². The van der Waals surface area contributed by atoms with Gasteiger partial charge in [-0.2, -0.15) is 0 Å². The molecule has 0 aliphatic heterocycles. The second kappa shape index (κ2) is 7.25. The lowest BCUT2D eigenvalue weighted by Gasteiger charge is -2.15. The molecule has 3 heteroatoms. The summed E-state index contributed by atoms with van der Waals surface area (Å²) in [7, 11) is 2.08. The number of ether oxygens (including phenoxy) is 1. The smallest absolute Gasteiger partial charge is 0.119 e. The van der Waals surface area contributed by atoms with Gasteiger partial charge in [-0.3, -0.25) is 0 Å². The van der Waals surface area contributed by atoms with E-state index in [9.17, 15) is 0 Å².